The lowest BCUT2D eigenvalue weighted by molar-refractivity contribution is -0.143. The minimum atomic E-state index is -0.193. The number of nitrogens with zero attached hydrogens (tertiary/aromatic N) is 2. The first-order chi connectivity index (χ1) is 7.72. The highest BCUT2D eigenvalue weighted by Crippen LogP contribution is 2.17. The summed E-state index contributed by atoms with van der Waals surface area (Å²) in [6.45, 7) is 3.77. The van der Waals surface area contributed by atoms with Gasteiger partial charge in [-0.3, -0.25) is 9.69 Å². The maximum Gasteiger partial charge on any atom is 0.251 e. The fourth-order valence-corrected chi connectivity index (χ4v) is 2.38. The summed E-state index contributed by atoms with van der Waals surface area (Å²) in [5.41, 5.74) is 5.70. The number of hydrogen-bond donors (Lipinski definition) is 1. The molecule has 16 heavy (non-hydrogen) atoms. The molecule has 0 bridgehead atoms. The van der Waals surface area contributed by atoms with Crippen LogP contribution in [0, 0.1) is 0 Å². The molecule has 2 aliphatic rings. The summed E-state index contributed by atoms with van der Waals surface area (Å²) < 4.78 is 5.43. The fraction of sp³-hybridized carbons (Fsp3) is 0.909. The molecule has 2 atom stereocenters. The van der Waals surface area contributed by atoms with E-state index >= 15 is 0 Å². The van der Waals surface area contributed by atoms with Crippen LogP contribution in [0.15, 0.2) is 0 Å². The maximum atomic E-state index is 12.1. The highest BCUT2D eigenvalue weighted by atomic mass is 16.5. The smallest absolute Gasteiger partial charge is 0.251 e. The third-order valence-corrected chi connectivity index (χ3v) is 3.57. The van der Waals surface area contributed by atoms with Crippen molar-refractivity contribution >= 4 is 5.91 Å². The molecule has 5 nitrogen and oxygen atoms in total. The Balaban J connectivity index is 1.91. The van der Waals surface area contributed by atoms with Gasteiger partial charge in [0.1, 0.15) is 6.10 Å². The van der Waals surface area contributed by atoms with Crippen molar-refractivity contribution < 1.29 is 9.53 Å². The number of nitrogens with two attached hydrogens (primary N) is 1. The predicted molar refractivity (Wildman–Crippen MR) is 61.0 cm³/mol. The van der Waals surface area contributed by atoms with Crippen molar-refractivity contribution in [3.63, 3.8) is 0 Å². The molecule has 92 valence electrons. The molecule has 2 unspecified atom stereocenters. The first-order valence-corrected chi connectivity index (χ1v) is 6.03. The van der Waals surface area contributed by atoms with Crippen LogP contribution in [0.25, 0.3) is 0 Å². The molecule has 2 N–H and O–H groups in total. The van der Waals surface area contributed by atoms with Gasteiger partial charge in [0, 0.05) is 38.8 Å². The van der Waals surface area contributed by atoms with Crippen LogP contribution in [0.5, 0.6) is 0 Å². The maximum absolute atomic E-state index is 12.1. The van der Waals surface area contributed by atoms with Crippen molar-refractivity contribution in [3.05, 3.63) is 0 Å². The Hall–Kier alpha value is -0.650. The lowest BCUT2D eigenvalue weighted by Gasteiger charge is -2.39. The Morgan fingerprint density at radius 2 is 2.31 bits per heavy atom. The van der Waals surface area contributed by atoms with E-state index in [1.807, 2.05) is 4.90 Å². The molecule has 2 heterocycles. The predicted octanol–water partition coefficient (Wildman–Crippen LogP) is -0.733. The first-order valence-electron chi connectivity index (χ1n) is 6.03. The SMILES string of the molecule is CN1CCN(C(=O)C2CCCO2)CC1CN. The molecular weight excluding hydrogens is 206 g/mol. The van der Waals surface area contributed by atoms with E-state index in [1.54, 1.807) is 0 Å². The molecule has 0 spiro atoms. The number of carbonyl (C=O) groups excluding carboxylic acids is 1. The summed E-state index contributed by atoms with van der Waals surface area (Å²) in [6, 6.07) is 0.291. The van der Waals surface area contributed by atoms with Crippen LogP contribution in [0.3, 0.4) is 0 Å². The summed E-state index contributed by atoms with van der Waals surface area (Å²) in [6.07, 6.45) is 1.69. The van der Waals surface area contributed by atoms with E-state index < -0.39 is 0 Å². The van der Waals surface area contributed by atoms with Gasteiger partial charge < -0.3 is 15.4 Å². The average molecular weight is 227 g/mol. The monoisotopic (exact) mass is 227 g/mol. The van der Waals surface area contributed by atoms with E-state index in [0.29, 0.717) is 12.6 Å². The number of rotatable bonds is 2. The standard InChI is InChI=1S/C11H21N3O2/c1-13-4-5-14(8-9(13)7-12)11(15)10-3-2-6-16-10/h9-10H,2-8,12H2,1H3. The highest BCUT2D eigenvalue weighted by Gasteiger charge is 2.32. The quantitative estimate of drug-likeness (QED) is 0.675. The van der Waals surface area contributed by atoms with E-state index in [-0.39, 0.29) is 12.0 Å². The Bertz CT molecular complexity index is 254. The number of carbonyl (C=O) groups is 1. The molecule has 2 saturated heterocycles. The second-order valence-corrected chi connectivity index (χ2v) is 4.66. The van der Waals surface area contributed by atoms with E-state index in [2.05, 4.69) is 11.9 Å². The van der Waals surface area contributed by atoms with Gasteiger partial charge in [0.25, 0.3) is 5.91 Å². The van der Waals surface area contributed by atoms with Crippen LogP contribution >= 0.6 is 0 Å². The van der Waals surface area contributed by atoms with Crippen molar-refractivity contribution in [2.45, 2.75) is 25.0 Å². The third-order valence-electron chi connectivity index (χ3n) is 3.57. The van der Waals surface area contributed by atoms with Gasteiger partial charge in [-0.2, -0.15) is 0 Å². The highest BCUT2D eigenvalue weighted by molar-refractivity contribution is 5.81. The molecule has 0 radical (unpaired) electrons. The summed E-state index contributed by atoms with van der Waals surface area (Å²) in [7, 11) is 2.06. The normalized spacial score (nSPS) is 32.0. The lowest BCUT2D eigenvalue weighted by atomic mass is 10.1. The Morgan fingerprint density at radius 1 is 1.50 bits per heavy atom. The van der Waals surface area contributed by atoms with Gasteiger partial charge in [-0.1, -0.05) is 0 Å². The molecule has 2 fully saturated rings. The van der Waals surface area contributed by atoms with Crippen molar-refractivity contribution in [3.8, 4) is 0 Å². The molecule has 0 aromatic rings. The van der Waals surface area contributed by atoms with Gasteiger partial charge in [-0.25, -0.2) is 0 Å². The van der Waals surface area contributed by atoms with E-state index in [4.69, 9.17) is 10.5 Å². The van der Waals surface area contributed by atoms with Crippen LogP contribution in [0.2, 0.25) is 0 Å². The number of ether oxygens (including phenoxy) is 1. The zero-order chi connectivity index (χ0) is 11.5. The molecule has 0 aliphatic carbocycles. The average Bonchev–Trinajstić information content (AvgIpc) is 2.82. The number of piperazine rings is 1. The molecule has 5 heteroatoms. The molecule has 0 saturated carbocycles. The van der Waals surface area contributed by atoms with Crippen LogP contribution in [-0.2, 0) is 9.53 Å². The van der Waals surface area contributed by atoms with Crippen molar-refractivity contribution in [2.24, 2.45) is 5.73 Å². The van der Waals surface area contributed by atoms with Crippen LogP contribution in [-0.4, -0.2) is 67.7 Å². The van der Waals surface area contributed by atoms with Gasteiger partial charge >= 0.3 is 0 Å². The summed E-state index contributed by atoms with van der Waals surface area (Å²) >= 11 is 0. The van der Waals surface area contributed by atoms with Crippen LogP contribution in [0.1, 0.15) is 12.8 Å². The third kappa shape index (κ3) is 2.36. The Kier molecular flexibility index (Phi) is 3.78. The topological polar surface area (TPSA) is 58.8 Å². The second kappa shape index (κ2) is 5.12. The van der Waals surface area contributed by atoms with Crippen LogP contribution < -0.4 is 5.73 Å². The summed E-state index contributed by atoms with van der Waals surface area (Å²) in [5.74, 6) is 0.157. The van der Waals surface area contributed by atoms with Crippen LogP contribution in [0.4, 0.5) is 0 Å². The number of likely N-dealkylation sites (N-methyl/N-ethyl adjacent to an activating group) is 1. The zero-order valence-corrected chi connectivity index (χ0v) is 9.89. The van der Waals surface area contributed by atoms with E-state index in [9.17, 15) is 4.79 Å². The molecular formula is C11H21N3O2. The van der Waals surface area contributed by atoms with Crippen molar-refractivity contribution in [2.75, 3.05) is 39.8 Å². The zero-order valence-electron chi connectivity index (χ0n) is 9.89. The second-order valence-electron chi connectivity index (χ2n) is 4.66. The lowest BCUT2D eigenvalue weighted by Crippen LogP contribution is -2.57. The van der Waals surface area contributed by atoms with Gasteiger partial charge in [0.15, 0.2) is 0 Å². The Labute approximate surface area is 96.5 Å². The molecule has 2 rings (SSSR count). The largest absolute Gasteiger partial charge is 0.368 e. The minimum absolute atomic E-state index is 0.157. The van der Waals surface area contributed by atoms with Gasteiger partial charge in [-0.05, 0) is 19.9 Å². The molecule has 2 aliphatic heterocycles. The number of hydrogen-bond acceptors (Lipinski definition) is 4. The Morgan fingerprint density at radius 3 is 2.94 bits per heavy atom. The van der Waals surface area contributed by atoms with Crippen molar-refractivity contribution in [1.29, 1.82) is 0 Å². The molecule has 1 amide bonds. The van der Waals surface area contributed by atoms with Gasteiger partial charge in [-0.15, -0.1) is 0 Å². The molecule has 0 aromatic heterocycles. The van der Waals surface area contributed by atoms with E-state index in [0.717, 1.165) is 39.1 Å². The van der Waals surface area contributed by atoms with Crippen molar-refractivity contribution in [1.82, 2.24) is 9.80 Å². The summed E-state index contributed by atoms with van der Waals surface area (Å²) in [4.78, 5) is 16.2. The fourth-order valence-electron chi connectivity index (χ4n) is 2.38. The summed E-state index contributed by atoms with van der Waals surface area (Å²) in [5, 5.41) is 0. The number of amides is 1. The minimum Gasteiger partial charge on any atom is -0.368 e. The molecule has 0 aromatic carbocycles. The van der Waals surface area contributed by atoms with E-state index in [1.165, 1.54) is 0 Å². The first kappa shape index (κ1) is 11.8. The van der Waals surface area contributed by atoms with Gasteiger partial charge in [0.2, 0.25) is 0 Å². The van der Waals surface area contributed by atoms with Gasteiger partial charge in [0.05, 0.1) is 0 Å².